The molecule has 1 amide bonds. The van der Waals surface area contributed by atoms with Gasteiger partial charge in [-0.3, -0.25) is 9.48 Å². The molecule has 0 radical (unpaired) electrons. The first-order valence-corrected chi connectivity index (χ1v) is 7.22. The number of hydrogen-bond acceptors (Lipinski definition) is 3. The molecule has 0 N–H and O–H groups in total. The average Bonchev–Trinajstić information content (AvgIpc) is 2.83. The molecule has 1 aromatic carbocycles. The Morgan fingerprint density at radius 3 is 2.70 bits per heavy atom. The van der Waals surface area contributed by atoms with Gasteiger partial charge in [-0.05, 0) is 46.9 Å². The number of rotatable bonds is 5. The molecule has 1 aromatic heterocycles. The van der Waals surface area contributed by atoms with Crippen LogP contribution in [0, 0.1) is 3.57 Å². The molecule has 0 aliphatic carbocycles. The van der Waals surface area contributed by atoms with Crippen molar-refractivity contribution in [2.45, 2.75) is 6.54 Å². The summed E-state index contributed by atoms with van der Waals surface area (Å²) in [5.74, 6) is 0.640. The van der Waals surface area contributed by atoms with E-state index in [1.165, 1.54) is 0 Å². The van der Waals surface area contributed by atoms with Crippen molar-refractivity contribution in [1.82, 2.24) is 14.7 Å². The van der Waals surface area contributed by atoms with Gasteiger partial charge in [-0.25, -0.2) is 0 Å². The molecule has 20 heavy (non-hydrogen) atoms. The molecule has 0 fully saturated rings. The molecular formula is C14H16IN3O2. The lowest BCUT2D eigenvalue weighted by Gasteiger charge is -2.16. The van der Waals surface area contributed by atoms with Gasteiger partial charge in [-0.1, -0.05) is 0 Å². The minimum Gasteiger partial charge on any atom is -0.484 e. The summed E-state index contributed by atoms with van der Waals surface area (Å²) in [6.07, 6.45) is 3.65. The Hall–Kier alpha value is -1.57. The second kappa shape index (κ2) is 6.74. The molecule has 0 aliphatic rings. The molecule has 0 spiro atoms. The molecule has 0 atom stereocenters. The summed E-state index contributed by atoms with van der Waals surface area (Å²) >= 11 is 2.22. The van der Waals surface area contributed by atoms with Crippen LogP contribution in [0.4, 0.5) is 0 Å². The molecule has 0 saturated carbocycles. The van der Waals surface area contributed by atoms with Crippen molar-refractivity contribution < 1.29 is 9.53 Å². The van der Waals surface area contributed by atoms with Crippen molar-refractivity contribution in [3.63, 3.8) is 0 Å². The van der Waals surface area contributed by atoms with Crippen molar-refractivity contribution >= 4 is 28.5 Å². The lowest BCUT2D eigenvalue weighted by molar-refractivity contribution is -0.132. The highest BCUT2D eigenvalue weighted by molar-refractivity contribution is 14.1. The van der Waals surface area contributed by atoms with E-state index in [1.54, 1.807) is 22.8 Å². The number of carbonyl (C=O) groups excluding carboxylic acids is 1. The largest absolute Gasteiger partial charge is 0.484 e. The van der Waals surface area contributed by atoms with Crippen LogP contribution in [-0.2, 0) is 18.4 Å². The van der Waals surface area contributed by atoms with E-state index in [4.69, 9.17) is 4.74 Å². The lowest BCUT2D eigenvalue weighted by atomic mass is 10.3. The Morgan fingerprint density at radius 2 is 2.10 bits per heavy atom. The van der Waals surface area contributed by atoms with E-state index < -0.39 is 0 Å². The summed E-state index contributed by atoms with van der Waals surface area (Å²) in [7, 11) is 3.61. The van der Waals surface area contributed by atoms with Gasteiger partial charge in [-0.15, -0.1) is 0 Å². The number of ether oxygens (including phenoxy) is 1. The van der Waals surface area contributed by atoms with Crippen LogP contribution in [-0.4, -0.2) is 34.2 Å². The predicted octanol–water partition coefficient (Wildman–Crippen LogP) is 2.06. The van der Waals surface area contributed by atoms with Crippen molar-refractivity contribution in [3.05, 3.63) is 45.8 Å². The zero-order chi connectivity index (χ0) is 14.5. The molecule has 5 nitrogen and oxygen atoms in total. The fourth-order valence-electron chi connectivity index (χ4n) is 1.70. The molecule has 0 saturated heterocycles. The van der Waals surface area contributed by atoms with Gasteiger partial charge in [0.05, 0.1) is 6.20 Å². The minimum absolute atomic E-state index is 0.0390. The first-order chi connectivity index (χ1) is 9.54. The highest BCUT2D eigenvalue weighted by Gasteiger charge is 2.11. The Balaban J connectivity index is 1.83. The number of hydrogen-bond donors (Lipinski definition) is 0. The third-order valence-electron chi connectivity index (χ3n) is 2.78. The number of carbonyl (C=O) groups is 1. The molecule has 6 heteroatoms. The topological polar surface area (TPSA) is 47.4 Å². The molecule has 2 aromatic rings. The van der Waals surface area contributed by atoms with Gasteiger partial charge < -0.3 is 9.64 Å². The third-order valence-corrected chi connectivity index (χ3v) is 3.50. The van der Waals surface area contributed by atoms with Crippen LogP contribution in [0.15, 0.2) is 36.7 Å². The van der Waals surface area contributed by atoms with Gasteiger partial charge in [0.25, 0.3) is 5.91 Å². The molecule has 0 unspecified atom stereocenters. The maximum atomic E-state index is 12.0. The number of halogens is 1. The van der Waals surface area contributed by atoms with Crippen LogP contribution in [0.25, 0.3) is 0 Å². The van der Waals surface area contributed by atoms with E-state index in [0.29, 0.717) is 12.3 Å². The molecule has 2 rings (SSSR count). The normalized spacial score (nSPS) is 10.3. The van der Waals surface area contributed by atoms with Gasteiger partial charge in [-0.2, -0.15) is 5.10 Å². The van der Waals surface area contributed by atoms with Crippen LogP contribution in [0.2, 0.25) is 0 Å². The Kier molecular flexibility index (Phi) is 4.99. The Labute approximate surface area is 131 Å². The van der Waals surface area contributed by atoms with Crippen molar-refractivity contribution in [3.8, 4) is 5.75 Å². The van der Waals surface area contributed by atoms with Crippen LogP contribution in [0.3, 0.4) is 0 Å². The van der Waals surface area contributed by atoms with Crippen molar-refractivity contribution in [1.29, 1.82) is 0 Å². The number of likely N-dealkylation sites (N-methyl/N-ethyl adjacent to an activating group) is 1. The Bertz CT molecular complexity index is 580. The van der Waals surface area contributed by atoms with E-state index >= 15 is 0 Å². The van der Waals surface area contributed by atoms with Crippen molar-refractivity contribution in [2.24, 2.45) is 7.05 Å². The lowest BCUT2D eigenvalue weighted by Crippen LogP contribution is -2.30. The first-order valence-electron chi connectivity index (χ1n) is 6.14. The van der Waals surface area contributed by atoms with Crippen LogP contribution < -0.4 is 4.74 Å². The zero-order valence-corrected chi connectivity index (χ0v) is 13.6. The van der Waals surface area contributed by atoms with E-state index in [0.717, 1.165) is 9.13 Å². The highest BCUT2D eigenvalue weighted by Crippen LogP contribution is 2.13. The van der Waals surface area contributed by atoms with Crippen LogP contribution >= 0.6 is 22.6 Å². The van der Waals surface area contributed by atoms with E-state index in [1.807, 2.05) is 37.5 Å². The molecule has 0 aliphatic heterocycles. The highest BCUT2D eigenvalue weighted by atomic mass is 127. The van der Waals surface area contributed by atoms with Gasteiger partial charge in [0.2, 0.25) is 0 Å². The average molecular weight is 385 g/mol. The monoisotopic (exact) mass is 385 g/mol. The smallest absolute Gasteiger partial charge is 0.260 e. The summed E-state index contributed by atoms with van der Waals surface area (Å²) in [6.45, 7) is 0.570. The number of aromatic nitrogens is 2. The summed E-state index contributed by atoms with van der Waals surface area (Å²) in [5, 5.41) is 4.08. The van der Waals surface area contributed by atoms with Gasteiger partial charge in [0.15, 0.2) is 6.61 Å². The third kappa shape index (κ3) is 4.22. The number of nitrogens with zero attached hydrogens (tertiary/aromatic N) is 3. The number of benzene rings is 1. The SMILES string of the molecule is CN(Cc1cnn(C)c1)C(=O)COc1ccc(I)cc1. The van der Waals surface area contributed by atoms with Gasteiger partial charge in [0, 0.05) is 36.0 Å². The summed E-state index contributed by atoms with van der Waals surface area (Å²) in [5.41, 5.74) is 0.998. The maximum absolute atomic E-state index is 12.0. The second-order valence-electron chi connectivity index (χ2n) is 4.51. The summed E-state index contributed by atoms with van der Waals surface area (Å²) in [6, 6.07) is 7.60. The van der Waals surface area contributed by atoms with E-state index in [-0.39, 0.29) is 12.5 Å². The second-order valence-corrected chi connectivity index (χ2v) is 5.76. The van der Waals surface area contributed by atoms with E-state index in [2.05, 4.69) is 27.7 Å². The maximum Gasteiger partial charge on any atom is 0.260 e. The fourth-order valence-corrected chi connectivity index (χ4v) is 2.06. The number of amides is 1. The van der Waals surface area contributed by atoms with Crippen LogP contribution in [0.1, 0.15) is 5.56 Å². The van der Waals surface area contributed by atoms with Gasteiger partial charge >= 0.3 is 0 Å². The summed E-state index contributed by atoms with van der Waals surface area (Å²) < 4.78 is 8.32. The van der Waals surface area contributed by atoms with E-state index in [9.17, 15) is 4.79 Å². The predicted molar refractivity (Wildman–Crippen MR) is 84.3 cm³/mol. The number of aryl methyl sites for hydroxylation is 1. The minimum atomic E-state index is -0.0626. The van der Waals surface area contributed by atoms with Crippen molar-refractivity contribution in [2.75, 3.05) is 13.7 Å². The van der Waals surface area contributed by atoms with Gasteiger partial charge in [0.1, 0.15) is 5.75 Å². The standard InChI is InChI=1S/C14H16IN3O2/c1-17(8-11-7-16-18(2)9-11)14(19)10-20-13-5-3-12(15)4-6-13/h3-7,9H,8,10H2,1-2H3. The molecular weight excluding hydrogens is 369 g/mol. The first kappa shape index (κ1) is 14.8. The molecule has 0 bridgehead atoms. The molecule has 1 heterocycles. The quantitative estimate of drug-likeness (QED) is 0.741. The zero-order valence-electron chi connectivity index (χ0n) is 11.4. The molecule has 106 valence electrons. The van der Waals surface area contributed by atoms with Crippen LogP contribution in [0.5, 0.6) is 5.75 Å². The fraction of sp³-hybridized carbons (Fsp3) is 0.286. The summed E-state index contributed by atoms with van der Waals surface area (Å²) in [4.78, 5) is 13.6. The Morgan fingerprint density at radius 1 is 1.40 bits per heavy atom.